The lowest BCUT2D eigenvalue weighted by Crippen LogP contribution is -2.50. The maximum atomic E-state index is 13.8. The zero-order valence-corrected chi connectivity index (χ0v) is 14.4. The number of carbonyl (C=O) groups excluding carboxylic acids is 1. The first-order chi connectivity index (χ1) is 11.3. The van der Waals surface area contributed by atoms with E-state index in [1.807, 2.05) is 13.0 Å². The lowest BCUT2D eigenvalue weighted by molar-refractivity contribution is -0.128. The molecule has 0 saturated carbocycles. The van der Waals surface area contributed by atoms with Gasteiger partial charge in [0.1, 0.15) is 16.5 Å². The average molecular weight is 358 g/mol. The summed E-state index contributed by atoms with van der Waals surface area (Å²) in [5, 5.41) is 0. The van der Waals surface area contributed by atoms with Crippen LogP contribution in [-0.2, 0) is 14.8 Å². The molecule has 1 aliphatic rings. The maximum Gasteiger partial charge on any atom is 0.249 e. The van der Waals surface area contributed by atoms with E-state index >= 15 is 0 Å². The van der Waals surface area contributed by atoms with Crippen LogP contribution in [0.25, 0.3) is 0 Å². The van der Waals surface area contributed by atoms with E-state index in [-0.39, 0.29) is 32.1 Å². The van der Waals surface area contributed by atoms with Crippen molar-refractivity contribution < 1.29 is 22.0 Å². The zero-order chi connectivity index (χ0) is 17.9. The Morgan fingerprint density at radius 2 is 1.83 bits per heavy atom. The molecule has 1 aromatic carbocycles. The van der Waals surface area contributed by atoms with Gasteiger partial charge in [0.25, 0.3) is 0 Å². The monoisotopic (exact) mass is 358 g/mol. The van der Waals surface area contributed by atoms with Crippen molar-refractivity contribution in [3.63, 3.8) is 0 Å². The molecule has 1 amide bonds. The first kappa shape index (κ1) is 18.5. The minimum absolute atomic E-state index is 0.0451. The molecule has 0 N–H and O–H groups in total. The van der Waals surface area contributed by atoms with Crippen molar-refractivity contribution in [2.24, 2.45) is 0 Å². The Morgan fingerprint density at radius 1 is 1.21 bits per heavy atom. The normalized spacial score (nSPS) is 17.2. The highest BCUT2D eigenvalue weighted by Crippen LogP contribution is 2.22. The maximum absolute atomic E-state index is 13.8. The molecular formula is C16H20F2N2O3S. The quantitative estimate of drug-likeness (QED) is 0.775. The lowest BCUT2D eigenvalue weighted by atomic mass is 10.2. The van der Waals surface area contributed by atoms with E-state index in [4.69, 9.17) is 0 Å². The molecule has 0 spiro atoms. The van der Waals surface area contributed by atoms with Crippen LogP contribution in [0.15, 0.2) is 34.7 Å². The third-order valence-corrected chi connectivity index (χ3v) is 5.80. The van der Waals surface area contributed by atoms with Crippen molar-refractivity contribution in [2.75, 3.05) is 26.2 Å². The van der Waals surface area contributed by atoms with E-state index in [1.165, 1.54) is 0 Å². The highest BCUT2D eigenvalue weighted by Gasteiger charge is 2.32. The van der Waals surface area contributed by atoms with Crippen LogP contribution in [0.3, 0.4) is 0 Å². The predicted molar refractivity (Wildman–Crippen MR) is 85.7 cm³/mol. The molecule has 24 heavy (non-hydrogen) atoms. The molecule has 0 radical (unpaired) electrons. The van der Waals surface area contributed by atoms with E-state index in [2.05, 4.69) is 0 Å². The van der Waals surface area contributed by atoms with Crippen LogP contribution < -0.4 is 0 Å². The average Bonchev–Trinajstić information content (AvgIpc) is 2.56. The van der Waals surface area contributed by atoms with Crippen LogP contribution >= 0.6 is 0 Å². The van der Waals surface area contributed by atoms with Gasteiger partial charge in [0, 0.05) is 31.8 Å². The van der Waals surface area contributed by atoms with Crippen LogP contribution in [0, 0.1) is 11.6 Å². The highest BCUT2D eigenvalue weighted by atomic mass is 32.2. The number of rotatable bonds is 4. The molecule has 8 heteroatoms. The largest absolute Gasteiger partial charge is 0.336 e. The number of allylic oxidation sites excluding steroid dienone is 1. The molecule has 0 bridgehead atoms. The lowest BCUT2D eigenvalue weighted by Gasteiger charge is -2.34. The van der Waals surface area contributed by atoms with E-state index in [0.717, 1.165) is 22.9 Å². The van der Waals surface area contributed by atoms with Crippen LogP contribution in [0.5, 0.6) is 0 Å². The summed E-state index contributed by atoms with van der Waals surface area (Å²) in [4.78, 5) is 13.1. The van der Waals surface area contributed by atoms with Crippen molar-refractivity contribution in [3.05, 3.63) is 41.5 Å². The first-order valence-electron chi connectivity index (χ1n) is 7.68. The Labute approximate surface area is 140 Å². The van der Waals surface area contributed by atoms with Crippen molar-refractivity contribution in [2.45, 2.75) is 25.2 Å². The number of nitrogens with zero attached hydrogens (tertiary/aromatic N) is 2. The van der Waals surface area contributed by atoms with Gasteiger partial charge < -0.3 is 4.90 Å². The smallest absolute Gasteiger partial charge is 0.249 e. The molecule has 5 nitrogen and oxygen atoms in total. The summed E-state index contributed by atoms with van der Waals surface area (Å²) in [6, 6.07) is 2.34. The minimum atomic E-state index is -4.13. The molecule has 1 aliphatic heterocycles. The molecule has 0 atom stereocenters. The molecule has 0 unspecified atom stereocenters. The van der Waals surface area contributed by atoms with Crippen LogP contribution in [-0.4, -0.2) is 49.7 Å². The Morgan fingerprint density at radius 3 is 2.42 bits per heavy atom. The number of sulfonamides is 1. The van der Waals surface area contributed by atoms with Crippen molar-refractivity contribution in [1.82, 2.24) is 9.21 Å². The highest BCUT2D eigenvalue weighted by molar-refractivity contribution is 7.89. The summed E-state index contributed by atoms with van der Waals surface area (Å²) in [7, 11) is -4.13. The second kappa shape index (κ2) is 7.40. The summed E-state index contributed by atoms with van der Waals surface area (Å²) in [5.74, 6) is -1.94. The molecule has 0 aliphatic carbocycles. The summed E-state index contributed by atoms with van der Waals surface area (Å²) in [6.45, 7) is 4.16. The standard InChI is InChI=1S/C16H20F2N2O3S/c1-3-4-12(2)16(21)19-7-9-20(10-8-19)24(22,23)15-11-13(17)5-6-14(15)18/h4-6,11H,3,7-10H2,1-2H3/b12-4+. The van der Waals surface area contributed by atoms with Crippen molar-refractivity contribution in [1.29, 1.82) is 0 Å². The molecule has 1 saturated heterocycles. The van der Waals surface area contributed by atoms with Crippen molar-refractivity contribution in [3.8, 4) is 0 Å². The van der Waals surface area contributed by atoms with Gasteiger partial charge in [0.2, 0.25) is 15.9 Å². The van der Waals surface area contributed by atoms with Gasteiger partial charge in [0.15, 0.2) is 0 Å². The van der Waals surface area contributed by atoms with E-state index in [0.29, 0.717) is 11.6 Å². The summed E-state index contributed by atoms with van der Waals surface area (Å²) >= 11 is 0. The second-order valence-electron chi connectivity index (χ2n) is 5.57. The van der Waals surface area contributed by atoms with Crippen molar-refractivity contribution >= 4 is 15.9 Å². The number of carbonyl (C=O) groups is 1. The number of hydrogen-bond donors (Lipinski definition) is 0. The van der Waals surface area contributed by atoms with E-state index in [9.17, 15) is 22.0 Å². The Hall–Kier alpha value is -1.80. The Bertz CT molecular complexity index is 755. The van der Waals surface area contributed by atoms with Crippen LogP contribution in [0.2, 0.25) is 0 Å². The first-order valence-corrected chi connectivity index (χ1v) is 9.12. The molecule has 1 aromatic rings. The molecule has 2 rings (SSSR count). The fourth-order valence-corrected chi connectivity index (χ4v) is 4.09. The predicted octanol–water partition coefficient (Wildman–Crippen LogP) is 2.15. The van der Waals surface area contributed by atoms with Gasteiger partial charge in [-0.25, -0.2) is 17.2 Å². The molecule has 1 fully saturated rings. The van der Waals surface area contributed by atoms with Gasteiger partial charge in [-0.3, -0.25) is 4.79 Å². The number of hydrogen-bond acceptors (Lipinski definition) is 3. The third kappa shape index (κ3) is 3.81. The van der Waals surface area contributed by atoms with Gasteiger partial charge >= 0.3 is 0 Å². The summed E-state index contributed by atoms with van der Waals surface area (Å²) in [6.07, 6.45) is 2.55. The number of amides is 1. The van der Waals surface area contributed by atoms with Gasteiger partial charge in [-0.2, -0.15) is 4.31 Å². The van der Waals surface area contributed by atoms with Gasteiger partial charge in [-0.05, 0) is 31.5 Å². The van der Waals surface area contributed by atoms with E-state index < -0.39 is 26.6 Å². The van der Waals surface area contributed by atoms with Crippen LogP contribution in [0.4, 0.5) is 8.78 Å². The summed E-state index contributed by atoms with van der Waals surface area (Å²) < 4.78 is 53.1. The van der Waals surface area contributed by atoms with Crippen LogP contribution in [0.1, 0.15) is 20.3 Å². The Kier molecular flexibility index (Phi) is 5.71. The SMILES string of the molecule is CC/C=C(\C)C(=O)N1CCN(S(=O)(=O)c2cc(F)ccc2F)CC1. The molecule has 132 valence electrons. The van der Waals surface area contributed by atoms with Gasteiger partial charge in [0.05, 0.1) is 0 Å². The minimum Gasteiger partial charge on any atom is -0.336 e. The van der Waals surface area contributed by atoms with Gasteiger partial charge in [-0.1, -0.05) is 13.0 Å². The molecular weight excluding hydrogens is 338 g/mol. The molecule has 1 heterocycles. The number of halogens is 2. The van der Waals surface area contributed by atoms with Gasteiger partial charge in [-0.15, -0.1) is 0 Å². The van der Waals surface area contributed by atoms with E-state index in [1.54, 1.807) is 11.8 Å². The molecule has 0 aromatic heterocycles. The Balaban J connectivity index is 2.13. The summed E-state index contributed by atoms with van der Waals surface area (Å²) in [5.41, 5.74) is 0.616. The topological polar surface area (TPSA) is 57.7 Å². The number of piperazine rings is 1. The fourth-order valence-electron chi connectivity index (χ4n) is 2.59. The zero-order valence-electron chi connectivity index (χ0n) is 13.6. The number of benzene rings is 1. The third-order valence-electron chi connectivity index (χ3n) is 3.88. The fraction of sp³-hybridized carbons (Fsp3) is 0.438. The second-order valence-corrected chi connectivity index (χ2v) is 7.47.